The quantitative estimate of drug-likeness (QED) is 0.868. The molecule has 0 saturated heterocycles. The molecule has 4 nitrogen and oxygen atoms in total. The van der Waals surface area contributed by atoms with Crippen LogP contribution in [0.5, 0.6) is 0 Å². The van der Waals surface area contributed by atoms with Gasteiger partial charge in [-0.1, -0.05) is 13.8 Å². The van der Waals surface area contributed by atoms with E-state index in [9.17, 15) is 0 Å². The summed E-state index contributed by atoms with van der Waals surface area (Å²) in [5.41, 5.74) is 4.89. The Labute approximate surface area is 135 Å². The lowest BCUT2D eigenvalue weighted by Crippen LogP contribution is -2.25. The molecule has 0 aliphatic heterocycles. The van der Waals surface area contributed by atoms with Crippen LogP contribution in [0.3, 0.4) is 0 Å². The highest BCUT2D eigenvalue weighted by atomic mass is 79.9. The van der Waals surface area contributed by atoms with Crippen molar-refractivity contribution in [2.45, 2.75) is 39.7 Å². The molecule has 0 radical (unpaired) electrons. The number of aryl methyl sites for hydroxylation is 3. The fourth-order valence-corrected chi connectivity index (χ4v) is 3.20. The second-order valence-electron chi connectivity index (χ2n) is 5.21. The Kier molecular flexibility index (Phi) is 5.53. The lowest BCUT2D eigenvalue weighted by atomic mass is 9.97. The Morgan fingerprint density at radius 2 is 2.14 bits per heavy atom. The number of nitrogens with zero attached hydrogens (tertiary/aromatic N) is 3. The van der Waals surface area contributed by atoms with Crippen molar-refractivity contribution < 1.29 is 0 Å². The number of pyridine rings is 1. The van der Waals surface area contributed by atoms with Gasteiger partial charge in [0.25, 0.3) is 0 Å². The van der Waals surface area contributed by atoms with Crippen LogP contribution < -0.4 is 5.32 Å². The van der Waals surface area contributed by atoms with E-state index >= 15 is 0 Å². The molecule has 1 N–H and O–H groups in total. The molecule has 2 rings (SSSR count). The van der Waals surface area contributed by atoms with E-state index in [-0.39, 0.29) is 6.04 Å². The summed E-state index contributed by atoms with van der Waals surface area (Å²) in [7, 11) is 2.00. The second-order valence-corrected chi connectivity index (χ2v) is 6.01. The van der Waals surface area contributed by atoms with Gasteiger partial charge in [-0.25, -0.2) is 0 Å². The first-order valence-electron chi connectivity index (χ1n) is 7.42. The monoisotopic (exact) mass is 350 g/mol. The van der Waals surface area contributed by atoms with E-state index in [0.29, 0.717) is 0 Å². The van der Waals surface area contributed by atoms with E-state index in [4.69, 9.17) is 0 Å². The molecule has 0 aliphatic carbocycles. The predicted octanol–water partition coefficient (Wildman–Crippen LogP) is 3.34. The molecule has 0 fully saturated rings. The van der Waals surface area contributed by atoms with E-state index in [1.807, 2.05) is 31.0 Å². The first-order valence-corrected chi connectivity index (χ1v) is 8.21. The maximum atomic E-state index is 4.49. The zero-order valence-electron chi connectivity index (χ0n) is 13.2. The molecule has 2 aromatic heterocycles. The van der Waals surface area contributed by atoms with Gasteiger partial charge in [0.05, 0.1) is 15.9 Å². The lowest BCUT2D eigenvalue weighted by molar-refractivity contribution is 0.524. The van der Waals surface area contributed by atoms with Crippen LogP contribution in [0.1, 0.15) is 42.4 Å². The number of halogens is 1. The Hall–Kier alpha value is -1.20. The zero-order chi connectivity index (χ0) is 15.4. The fourth-order valence-electron chi connectivity index (χ4n) is 2.71. The van der Waals surface area contributed by atoms with Crippen LogP contribution in [0, 0.1) is 6.92 Å². The molecule has 0 amide bonds. The van der Waals surface area contributed by atoms with Gasteiger partial charge in [-0.05, 0) is 53.0 Å². The van der Waals surface area contributed by atoms with Crippen LogP contribution in [0.4, 0.5) is 0 Å². The summed E-state index contributed by atoms with van der Waals surface area (Å²) in [6.07, 6.45) is 5.75. The second kappa shape index (κ2) is 7.18. The minimum atomic E-state index is 0.277. The van der Waals surface area contributed by atoms with Crippen molar-refractivity contribution in [2.75, 3.05) is 6.54 Å². The van der Waals surface area contributed by atoms with E-state index in [1.165, 1.54) is 16.8 Å². The topological polar surface area (TPSA) is 42.7 Å². The van der Waals surface area contributed by atoms with Crippen LogP contribution in [-0.2, 0) is 19.9 Å². The summed E-state index contributed by atoms with van der Waals surface area (Å²) in [6, 6.07) is 2.41. The minimum Gasteiger partial charge on any atom is -0.310 e. The van der Waals surface area contributed by atoms with Crippen molar-refractivity contribution in [1.29, 1.82) is 0 Å². The highest BCUT2D eigenvalue weighted by Crippen LogP contribution is 2.27. The average molecular weight is 351 g/mol. The largest absolute Gasteiger partial charge is 0.310 e. The van der Waals surface area contributed by atoms with Crippen LogP contribution in [0.2, 0.25) is 0 Å². The maximum Gasteiger partial charge on any atom is 0.0738 e. The highest BCUT2D eigenvalue weighted by Gasteiger charge is 2.19. The van der Waals surface area contributed by atoms with Gasteiger partial charge >= 0.3 is 0 Å². The smallest absolute Gasteiger partial charge is 0.0738 e. The number of aromatic nitrogens is 3. The molecule has 0 spiro atoms. The van der Waals surface area contributed by atoms with Crippen molar-refractivity contribution in [3.8, 4) is 0 Å². The molecular formula is C16H23BrN4. The molecule has 5 heteroatoms. The van der Waals surface area contributed by atoms with Gasteiger partial charge in [0.2, 0.25) is 0 Å². The number of likely N-dealkylation sites (N-methyl/N-ethyl adjacent to an activating group) is 1. The molecule has 1 unspecified atom stereocenters. The molecule has 2 aromatic rings. The van der Waals surface area contributed by atoms with Gasteiger partial charge < -0.3 is 5.32 Å². The molecule has 21 heavy (non-hydrogen) atoms. The van der Waals surface area contributed by atoms with E-state index in [2.05, 4.69) is 51.2 Å². The predicted molar refractivity (Wildman–Crippen MR) is 89.4 cm³/mol. The molecular weight excluding hydrogens is 328 g/mol. The first kappa shape index (κ1) is 16.2. The standard InChI is InChI=1S/C16H23BrN4/c1-5-12-10-18-8-7-13(12)14(19-6-2)9-15-16(17)11(3)20-21(15)4/h7-8,10,14,19H,5-6,9H2,1-4H3. The molecule has 0 aromatic carbocycles. The third-order valence-corrected chi connectivity index (χ3v) is 4.84. The summed E-state index contributed by atoms with van der Waals surface area (Å²) in [4.78, 5) is 4.25. The molecule has 0 saturated carbocycles. The molecule has 0 aliphatic rings. The fraction of sp³-hybridized carbons (Fsp3) is 0.500. The molecule has 114 valence electrons. The maximum absolute atomic E-state index is 4.49. The zero-order valence-corrected chi connectivity index (χ0v) is 14.7. The summed E-state index contributed by atoms with van der Waals surface area (Å²) < 4.78 is 3.08. The Morgan fingerprint density at radius 1 is 1.38 bits per heavy atom. The van der Waals surface area contributed by atoms with Crippen molar-refractivity contribution in [3.63, 3.8) is 0 Å². The van der Waals surface area contributed by atoms with Crippen molar-refractivity contribution in [3.05, 3.63) is 45.4 Å². The molecule has 0 bridgehead atoms. The van der Waals surface area contributed by atoms with Gasteiger partial charge in [0, 0.05) is 31.9 Å². The number of nitrogens with one attached hydrogen (secondary N) is 1. The lowest BCUT2D eigenvalue weighted by Gasteiger charge is -2.21. The number of hydrogen-bond acceptors (Lipinski definition) is 3. The van der Waals surface area contributed by atoms with Crippen molar-refractivity contribution >= 4 is 15.9 Å². The number of hydrogen-bond donors (Lipinski definition) is 1. The number of rotatable bonds is 6. The highest BCUT2D eigenvalue weighted by molar-refractivity contribution is 9.10. The van der Waals surface area contributed by atoms with Crippen LogP contribution in [0.15, 0.2) is 22.9 Å². The Morgan fingerprint density at radius 3 is 2.71 bits per heavy atom. The van der Waals surface area contributed by atoms with Crippen LogP contribution in [-0.4, -0.2) is 21.3 Å². The molecule has 1 atom stereocenters. The Bertz CT molecular complexity index is 606. The van der Waals surface area contributed by atoms with Gasteiger partial charge in [0.15, 0.2) is 0 Å². The van der Waals surface area contributed by atoms with Crippen LogP contribution >= 0.6 is 15.9 Å². The normalized spacial score (nSPS) is 12.6. The summed E-state index contributed by atoms with van der Waals surface area (Å²) in [5.74, 6) is 0. The third-order valence-electron chi connectivity index (χ3n) is 3.81. The van der Waals surface area contributed by atoms with Gasteiger partial charge in [0.1, 0.15) is 0 Å². The Balaban J connectivity index is 2.35. The summed E-state index contributed by atoms with van der Waals surface area (Å²) in [6.45, 7) is 7.28. The third kappa shape index (κ3) is 3.52. The van der Waals surface area contributed by atoms with Gasteiger partial charge in [-0.3, -0.25) is 9.67 Å². The van der Waals surface area contributed by atoms with Crippen molar-refractivity contribution in [1.82, 2.24) is 20.1 Å². The van der Waals surface area contributed by atoms with E-state index < -0.39 is 0 Å². The van der Waals surface area contributed by atoms with Crippen LogP contribution in [0.25, 0.3) is 0 Å². The van der Waals surface area contributed by atoms with E-state index in [0.717, 1.165) is 29.6 Å². The minimum absolute atomic E-state index is 0.277. The summed E-state index contributed by atoms with van der Waals surface area (Å²) >= 11 is 3.67. The van der Waals surface area contributed by atoms with Gasteiger partial charge in [-0.15, -0.1) is 0 Å². The van der Waals surface area contributed by atoms with Crippen molar-refractivity contribution in [2.24, 2.45) is 7.05 Å². The van der Waals surface area contributed by atoms with Gasteiger partial charge in [-0.2, -0.15) is 5.10 Å². The van der Waals surface area contributed by atoms with E-state index in [1.54, 1.807) is 0 Å². The summed E-state index contributed by atoms with van der Waals surface area (Å²) in [5, 5.41) is 8.09. The molecule has 2 heterocycles. The first-order chi connectivity index (χ1) is 10.1. The average Bonchev–Trinajstić information content (AvgIpc) is 2.73. The SMILES string of the molecule is CCNC(Cc1c(Br)c(C)nn1C)c1ccncc1CC.